The lowest BCUT2D eigenvalue weighted by molar-refractivity contribution is 0.102. The number of rotatable bonds is 8. The summed E-state index contributed by atoms with van der Waals surface area (Å²) in [5, 5.41) is 8.98. The second-order valence-corrected chi connectivity index (χ2v) is 8.49. The van der Waals surface area contributed by atoms with E-state index in [4.69, 9.17) is 5.73 Å². The first kappa shape index (κ1) is 21.1. The zero-order valence-electron chi connectivity index (χ0n) is 17.4. The van der Waals surface area contributed by atoms with E-state index in [9.17, 15) is 14.4 Å². The fraction of sp³-hybridized carbons (Fsp3) is 0.381. The van der Waals surface area contributed by atoms with Crippen LogP contribution in [-0.2, 0) is 20.1 Å². The average Bonchev–Trinajstić information content (AvgIpc) is 3.53. The predicted molar refractivity (Wildman–Crippen MR) is 119 cm³/mol. The molecule has 4 rings (SSSR count). The largest absolute Gasteiger partial charge is 0.384 e. The molecule has 1 fully saturated rings. The Morgan fingerprint density at radius 2 is 1.87 bits per heavy atom. The van der Waals surface area contributed by atoms with Crippen LogP contribution in [0, 0.1) is 0 Å². The van der Waals surface area contributed by atoms with Crippen molar-refractivity contribution in [1.29, 1.82) is 0 Å². The highest BCUT2D eigenvalue weighted by Gasteiger charge is 2.30. The van der Waals surface area contributed by atoms with Gasteiger partial charge in [0, 0.05) is 19.5 Å². The maximum atomic E-state index is 13.0. The Balaban J connectivity index is 1.65. The van der Waals surface area contributed by atoms with E-state index in [-0.39, 0.29) is 30.2 Å². The number of nitrogen functional groups attached to an aromatic ring is 1. The van der Waals surface area contributed by atoms with Gasteiger partial charge in [0.15, 0.2) is 10.9 Å². The zero-order chi connectivity index (χ0) is 22.1. The lowest BCUT2D eigenvalue weighted by atomic mass is 10.2. The molecule has 0 amide bonds. The highest BCUT2D eigenvalue weighted by Crippen LogP contribution is 2.39. The summed E-state index contributed by atoms with van der Waals surface area (Å²) in [6.45, 7) is 2.01. The molecule has 0 spiro atoms. The van der Waals surface area contributed by atoms with E-state index in [0.29, 0.717) is 11.1 Å². The summed E-state index contributed by atoms with van der Waals surface area (Å²) in [5.41, 5.74) is 5.70. The SMILES string of the molecule is CCn1c(=O)c(C(=O)CSc2nnc(C3CC3)n2C)c(N)n(Cc2ccccc2)c1=O. The molecule has 31 heavy (non-hydrogen) atoms. The molecule has 2 N–H and O–H groups in total. The minimum atomic E-state index is -0.656. The monoisotopic (exact) mass is 440 g/mol. The number of carbonyl (C=O) groups is 1. The van der Waals surface area contributed by atoms with Crippen molar-refractivity contribution in [2.75, 3.05) is 11.5 Å². The van der Waals surface area contributed by atoms with E-state index in [1.807, 2.05) is 41.9 Å². The van der Waals surface area contributed by atoms with Gasteiger partial charge >= 0.3 is 5.69 Å². The minimum Gasteiger partial charge on any atom is -0.384 e. The number of Topliss-reactive ketones (excluding diaryl/α,β-unsaturated/α-hetero) is 1. The average molecular weight is 441 g/mol. The maximum Gasteiger partial charge on any atom is 0.332 e. The van der Waals surface area contributed by atoms with Crippen LogP contribution in [0.5, 0.6) is 0 Å². The molecule has 0 bridgehead atoms. The first-order valence-corrected chi connectivity index (χ1v) is 11.1. The molecule has 0 saturated heterocycles. The molecule has 3 aromatic rings. The van der Waals surface area contributed by atoms with Gasteiger partial charge in [-0.1, -0.05) is 42.1 Å². The van der Waals surface area contributed by atoms with Crippen molar-refractivity contribution in [2.45, 2.75) is 43.9 Å². The molecule has 0 unspecified atom stereocenters. The normalized spacial score (nSPS) is 13.5. The summed E-state index contributed by atoms with van der Waals surface area (Å²) in [5.74, 6) is 0.789. The van der Waals surface area contributed by atoms with Crippen molar-refractivity contribution in [1.82, 2.24) is 23.9 Å². The Morgan fingerprint density at radius 1 is 1.16 bits per heavy atom. The van der Waals surface area contributed by atoms with Crippen LogP contribution >= 0.6 is 11.8 Å². The van der Waals surface area contributed by atoms with E-state index in [0.717, 1.165) is 28.8 Å². The van der Waals surface area contributed by atoms with Gasteiger partial charge in [-0.2, -0.15) is 0 Å². The molecule has 0 atom stereocenters. The van der Waals surface area contributed by atoms with Crippen molar-refractivity contribution in [2.24, 2.45) is 7.05 Å². The number of aromatic nitrogens is 5. The molecule has 2 heterocycles. The van der Waals surface area contributed by atoms with E-state index in [2.05, 4.69) is 10.2 Å². The summed E-state index contributed by atoms with van der Waals surface area (Å²) in [7, 11) is 1.87. The van der Waals surface area contributed by atoms with E-state index in [1.54, 1.807) is 6.92 Å². The fourth-order valence-electron chi connectivity index (χ4n) is 3.53. The van der Waals surface area contributed by atoms with Gasteiger partial charge in [-0.05, 0) is 25.3 Å². The standard InChI is InChI=1S/C21H24N6O3S/c1-3-26-19(29)16(17(22)27(21(26)30)11-13-7-5-4-6-8-13)15(28)12-31-20-24-23-18(25(20)2)14-9-10-14/h4-8,14H,3,9-12,22H2,1-2H3. The highest BCUT2D eigenvalue weighted by molar-refractivity contribution is 7.99. The van der Waals surface area contributed by atoms with Gasteiger partial charge in [0.05, 0.1) is 12.3 Å². The van der Waals surface area contributed by atoms with Crippen LogP contribution in [0.15, 0.2) is 45.1 Å². The Labute approximate surface area is 182 Å². The molecular formula is C21H24N6O3S. The number of nitrogens with two attached hydrogens (primary N) is 1. The number of carbonyl (C=O) groups excluding carboxylic acids is 1. The quantitative estimate of drug-likeness (QED) is 0.418. The van der Waals surface area contributed by atoms with Crippen molar-refractivity contribution < 1.29 is 4.79 Å². The Bertz CT molecular complexity index is 1240. The minimum absolute atomic E-state index is 0.0245. The highest BCUT2D eigenvalue weighted by atomic mass is 32.2. The molecule has 10 heteroatoms. The van der Waals surface area contributed by atoms with Gasteiger partial charge in [0.1, 0.15) is 17.2 Å². The number of thioether (sulfide) groups is 1. The molecule has 2 aromatic heterocycles. The second kappa shape index (κ2) is 8.54. The van der Waals surface area contributed by atoms with Gasteiger partial charge < -0.3 is 10.3 Å². The first-order valence-electron chi connectivity index (χ1n) is 10.1. The summed E-state index contributed by atoms with van der Waals surface area (Å²) < 4.78 is 4.22. The molecule has 162 valence electrons. The van der Waals surface area contributed by atoms with Gasteiger partial charge in [-0.3, -0.25) is 18.7 Å². The molecule has 0 aliphatic heterocycles. The summed E-state index contributed by atoms with van der Waals surface area (Å²) >= 11 is 1.21. The topological polar surface area (TPSA) is 118 Å². The Kier molecular flexibility index (Phi) is 5.81. The number of nitrogens with zero attached hydrogens (tertiary/aromatic N) is 5. The number of ketones is 1. The Morgan fingerprint density at radius 3 is 2.52 bits per heavy atom. The van der Waals surface area contributed by atoms with Crippen LogP contribution in [-0.4, -0.2) is 35.4 Å². The molecular weight excluding hydrogens is 416 g/mol. The number of benzene rings is 1. The van der Waals surface area contributed by atoms with Crippen LogP contribution in [0.3, 0.4) is 0 Å². The number of hydrogen-bond donors (Lipinski definition) is 1. The molecule has 1 aliphatic carbocycles. The van der Waals surface area contributed by atoms with Gasteiger partial charge in [0.2, 0.25) is 0 Å². The van der Waals surface area contributed by atoms with Crippen molar-refractivity contribution in [3.05, 3.63) is 68.1 Å². The van der Waals surface area contributed by atoms with E-state index in [1.165, 1.54) is 16.3 Å². The van der Waals surface area contributed by atoms with Crippen LogP contribution in [0.25, 0.3) is 0 Å². The Hall–Kier alpha value is -3.14. The van der Waals surface area contributed by atoms with Gasteiger partial charge in [-0.15, -0.1) is 10.2 Å². The molecule has 1 saturated carbocycles. The van der Waals surface area contributed by atoms with Crippen LogP contribution < -0.4 is 17.0 Å². The van der Waals surface area contributed by atoms with Crippen LogP contribution in [0.4, 0.5) is 5.82 Å². The fourth-order valence-corrected chi connectivity index (χ4v) is 4.32. The summed E-state index contributed by atoms with van der Waals surface area (Å²) in [4.78, 5) is 38.7. The summed E-state index contributed by atoms with van der Waals surface area (Å²) in [6, 6.07) is 9.29. The van der Waals surface area contributed by atoms with E-state index < -0.39 is 17.0 Å². The van der Waals surface area contributed by atoms with Crippen molar-refractivity contribution >= 4 is 23.4 Å². The third-order valence-corrected chi connectivity index (χ3v) is 6.41. The molecule has 1 aliphatic rings. The van der Waals surface area contributed by atoms with Crippen molar-refractivity contribution in [3.63, 3.8) is 0 Å². The first-order chi connectivity index (χ1) is 14.9. The van der Waals surface area contributed by atoms with E-state index >= 15 is 0 Å². The van der Waals surface area contributed by atoms with Crippen LogP contribution in [0.2, 0.25) is 0 Å². The lowest BCUT2D eigenvalue weighted by Crippen LogP contribution is -2.44. The molecule has 1 aromatic carbocycles. The summed E-state index contributed by atoms with van der Waals surface area (Å²) in [6.07, 6.45) is 2.21. The second-order valence-electron chi connectivity index (χ2n) is 7.55. The van der Waals surface area contributed by atoms with Crippen LogP contribution in [0.1, 0.15) is 47.4 Å². The third kappa shape index (κ3) is 4.07. The van der Waals surface area contributed by atoms with Gasteiger partial charge in [-0.25, -0.2) is 4.79 Å². The zero-order valence-corrected chi connectivity index (χ0v) is 18.3. The maximum absolute atomic E-state index is 13.0. The predicted octanol–water partition coefficient (Wildman–Crippen LogP) is 1.64. The molecule has 0 radical (unpaired) electrons. The number of anilines is 1. The third-order valence-electron chi connectivity index (χ3n) is 5.39. The van der Waals surface area contributed by atoms with Crippen molar-refractivity contribution in [3.8, 4) is 0 Å². The number of hydrogen-bond acceptors (Lipinski definition) is 7. The smallest absolute Gasteiger partial charge is 0.332 e. The lowest BCUT2D eigenvalue weighted by Gasteiger charge is -2.15. The van der Waals surface area contributed by atoms with Gasteiger partial charge in [0.25, 0.3) is 5.56 Å². The molecule has 9 nitrogen and oxygen atoms in total.